The maximum Gasteiger partial charge on any atom is 0.348 e. The molecule has 0 radical (unpaired) electrons. The van der Waals surface area contributed by atoms with Crippen molar-refractivity contribution in [1.29, 1.82) is 5.26 Å². The summed E-state index contributed by atoms with van der Waals surface area (Å²) in [7, 11) is 0. The molecule has 0 spiro atoms. The number of carbonyl (C=O) groups is 2. The molecule has 1 fully saturated rings. The van der Waals surface area contributed by atoms with Crippen LogP contribution in [0.5, 0.6) is 0 Å². The number of ether oxygens (including phenoxy) is 1. The minimum Gasteiger partial charge on any atom is -0.451 e. The van der Waals surface area contributed by atoms with E-state index in [1.54, 1.807) is 28.9 Å². The first-order valence-corrected chi connectivity index (χ1v) is 12.2. The van der Waals surface area contributed by atoms with Crippen LogP contribution in [0.3, 0.4) is 0 Å². The molecule has 3 aromatic rings. The zero-order valence-corrected chi connectivity index (χ0v) is 20.3. The van der Waals surface area contributed by atoms with Crippen LogP contribution in [0.2, 0.25) is 10.0 Å². The van der Waals surface area contributed by atoms with Gasteiger partial charge in [-0.1, -0.05) is 48.5 Å². The monoisotopic (exact) mass is 504 g/mol. The Bertz CT molecular complexity index is 1230. The number of nitrogens with one attached hydrogen (secondary N) is 1. The molecule has 1 N–H and O–H groups in total. The van der Waals surface area contributed by atoms with Crippen molar-refractivity contribution < 1.29 is 14.3 Å². The van der Waals surface area contributed by atoms with Crippen LogP contribution in [0.15, 0.2) is 24.3 Å². The van der Waals surface area contributed by atoms with Crippen molar-refractivity contribution in [3.8, 4) is 6.07 Å². The molecule has 4 rings (SSSR count). The largest absolute Gasteiger partial charge is 0.451 e. The van der Waals surface area contributed by atoms with Crippen molar-refractivity contribution in [1.82, 2.24) is 15.1 Å². The highest BCUT2D eigenvalue weighted by atomic mass is 35.5. The number of hydrogen-bond donors (Lipinski definition) is 1. The van der Waals surface area contributed by atoms with Gasteiger partial charge in [0.05, 0.1) is 18.3 Å². The third-order valence-corrected chi connectivity index (χ3v) is 7.65. The first-order chi connectivity index (χ1) is 15.8. The van der Waals surface area contributed by atoms with E-state index in [1.165, 1.54) is 11.3 Å². The van der Waals surface area contributed by atoms with Gasteiger partial charge in [0, 0.05) is 21.0 Å². The molecular formula is C23H22Cl2N4O3S. The van der Waals surface area contributed by atoms with Crippen molar-refractivity contribution >= 4 is 56.6 Å². The first-order valence-electron chi connectivity index (χ1n) is 10.6. The number of amides is 1. The van der Waals surface area contributed by atoms with E-state index in [0.29, 0.717) is 34.3 Å². The van der Waals surface area contributed by atoms with Crippen LogP contribution in [0.25, 0.3) is 10.2 Å². The molecule has 1 saturated carbocycles. The van der Waals surface area contributed by atoms with E-state index < -0.39 is 24.0 Å². The molecule has 0 aliphatic heterocycles. The van der Waals surface area contributed by atoms with Gasteiger partial charge >= 0.3 is 5.97 Å². The lowest BCUT2D eigenvalue weighted by molar-refractivity contribution is -0.125. The molecule has 0 atom stereocenters. The second kappa shape index (κ2) is 9.72. The Kier molecular flexibility index (Phi) is 6.94. The average molecular weight is 505 g/mol. The van der Waals surface area contributed by atoms with Crippen molar-refractivity contribution in [2.45, 2.75) is 51.1 Å². The number of nitrogens with zero attached hydrogens (tertiary/aromatic N) is 3. The molecule has 1 aliphatic rings. The van der Waals surface area contributed by atoms with Crippen molar-refractivity contribution in [2.24, 2.45) is 0 Å². The Labute approximate surface area is 205 Å². The summed E-state index contributed by atoms with van der Waals surface area (Å²) in [5, 5.41) is 18.7. The van der Waals surface area contributed by atoms with Gasteiger partial charge in [-0.15, -0.1) is 11.3 Å². The summed E-state index contributed by atoms with van der Waals surface area (Å²) in [4.78, 5) is 26.1. The third kappa shape index (κ3) is 5.01. The summed E-state index contributed by atoms with van der Waals surface area (Å²) < 4.78 is 6.99. The van der Waals surface area contributed by atoms with E-state index in [0.717, 1.165) is 40.7 Å². The number of benzene rings is 1. The highest BCUT2D eigenvalue weighted by molar-refractivity contribution is 7.20. The summed E-state index contributed by atoms with van der Waals surface area (Å²) >= 11 is 13.8. The standard InChI is InChI=1S/C23H22Cl2N4O3S/c1-14-15-10-19(22(31)32-12-20(30)27-23(13-26)8-3-2-4-9-23)33-21(15)29(28-14)11-16-17(24)6-5-7-18(16)25/h5-7,10H,2-4,8-9,11-12H2,1H3,(H,27,30). The molecule has 2 heterocycles. The third-order valence-electron chi connectivity index (χ3n) is 5.81. The van der Waals surface area contributed by atoms with Crippen LogP contribution in [-0.4, -0.2) is 33.8 Å². The Morgan fingerprint density at radius 2 is 1.97 bits per heavy atom. The van der Waals surface area contributed by atoms with Crippen molar-refractivity contribution in [3.63, 3.8) is 0 Å². The molecule has 2 aromatic heterocycles. The number of fused-ring (bicyclic) bond motifs is 1. The van der Waals surface area contributed by atoms with E-state index in [1.807, 2.05) is 6.92 Å². The number of aryl methyl sites for hydroxylation is 1. The lowest BCUT2D eigenvalue weighted by Crippen LogP contribution is -2.50. The first kappa shape index (κ1) is 23.6. The topological polar surface area (TPSA) is 97.0 Å². The number of aromatic nitrogens is 2. The fraction of sp³-hybridized carbons (Fsp3) is 0.391. The SMILES string of the molecule is Cc1nn(Cc2c(Cl)cccc2Cl)c2sc(C(=O)OCC(=O)NC3(C#N)CCCCC3)cc12. The van der Waals surface area contributed by atoms with Crippen molar-refractivity contribution in [3.05, 3.63) is 50.4 Å². The van der Waals surface area contributed by atoms with Gasteiger partial charge in [0.15, 0.2) is 6.61 Å². The quantitative estimate of drug-likeness (QED) is 0.461. The molecular weight excluding hydrogens is 483 g/mol. The smallest absolute Gasteiger partial charge is 0.348 e. The summed E-state index contributed by atoms with van der Waals surface area (Å²) in [5.74, 6) is -1.06. The van der Waals surface area contributed by atoms with Crippen LogP contribution < -0.4 is 5.32 Å². The zero-order chi connectivity index (χ0) is 23.6. The summed E-state index contributed by atoms with van der Waals surface area (Å²) in [6.45, 7) is 1.78. The maximum atomic E-state index is 12.6. The summed E-state index contributed by atoms with van der Waals surface area (Å²) in [6, 6.07) is 9.25. The Morgan fingerprint density at radius 1 is 1.27 bits per heavy atom. The average Bonchev–Trinajstić information content (AvgIpc) is 3.36. The summed E-state index contributed by atoms with van der Waals surface area (Å²) in [5.41, 5.74) is 0.642. The molecule has 33 heavy (non-hydrogen) atoms. The number of esters is 1. The number of thiophene rings is 1. The molecule has 7 nitrogen and oxygen atoms in total. The fourth-order valence-electron chi connectivity index (χ4n) is 4.08. The number of nitriles is 1. The lowest BCUT2D eigenvalue weighted by atomic mass is 9.83. The molecule has 1 amide bonds. The van der Waals surface area contributed by atoms with Crippen LogP contribution in [0, 0.1) is 18.3 Å². The molecule has 10 heteroatoms. The van der Waals surface area contributed by atoms with Gasteiger partial charge < -0.3 is 10.1 Å². The normalized spacial score (nSPS) is 15.2. The van der Waals surface area contributed by atoms with E-state index in [-0.39, 0.29) is 0 Å². The van der Waals surface area contributed by atoms with E-state index in [4.69, 9.17) is 27.9 Å². The second-order valence-corrected chi connectivity index (χ2v) is 10.00. The van der Waals surface area contributed by atoms with Gasteiger partial charge in [0.25, 0.3) is 5.91 Å². The maximum absolute atomic E-state index is 12.6. The van der Waals surface area contributed by atoms with E-state index >= 15 is 0 Å². The lowest BCUT2D eigenvalue weighted by Gasteiger charge is -2.31. The number of carbonyl (C=O) groups excluding carboxylic acids is 2. The van der Waals surface area contributed by atoms with Gasteiger partial charge in [0.1, 0.15) is 15.2 Å². The van der Waals surface area contributed by atoms with Gasteiger partial charge in [-0.3, -0.25) is 4.79 Å². The number of hydrogen-bond acceptors (Lipinski definition) is 6. The minimum atomic E-state index is -0.861. The molecule has 0 saturated heterocycles. The van der Waals surface area contributed by atoms with E-state index in [2.05, 4.69) is 16.5 Å². The fourth-order valence-corrected chi connectivity index (χ4v) is 5.65. The van der Waals surface area contributed by atoms with Crippen LogP contribution in [0.1, 0.15) is 53.0 Å². The Hall–Kier alpha value is -2.60. The van der Waals surface area contributed by atoms with Crippen molar-refractivity contribution in [2.75, 3.05) is 6.61 Å². The Balaban J connectivity index is 1.45. The summed E-state index contributed by atoms with van der Waals surface area (Å²) in [6.07, 6.45) is 4.07. The van der Waals surface area contributed by atoms with Crippen LogP contribution >= 0.6 is 34.5 Å². The van der Waals surface area contributed by atoms with Gasteiger partial charge in [-0.25, -0.2) is 9.48 Å². The second-order valence-electron chi connectivity index (χ2n) is 8.15. The van der Waals surface area contributed by atoms with E-state index in [9.17, 15) is 14.9 Å². The predicted molar refractivity (Wildman–Crippen MR) is 128 cm³/mol. The highest BCUT2D eigenvalue weighted by Crippen LogP contribution is 2.32. The van der Waals surface area contributed by atoms with Crippen LogP contribution in [0.4, 0.5) is 0 Å². The van der Waals surface area contributed by atoms with Gasteiger partial charge in [-0.05, 0) is 38.0 Å². The number of rotatable bonds is 6. The zero-order valence-electron chi connectivity index (χ0n) is 18.0. The minimum absolute atomic E-state index is 0.358. The van der Waals surface area contributed by atoms with Crippen LogP contribution in [-0.2, 0) is 16.1 Å². The molecule has 0 unspecified atom stereocenters. The Morgan fingerprint density at radius 3 is 2.64 bits per heavy atom. The van der Waals surface area contributed by atoms with Gasteiger partial charge in [-0.2, -0.15) is 10.4 Å². The highest BCUT2D eigenvalue weighted by Gasteiger charge is 2.33. The molecule has 1 aliphatic carbocycles. The molecule has 1 aromatic carbocycles. The number of halogens is 2. The predicted octanol–water partition coefficient (Wildman–Crippen LogP) is 5.26. The van der Waals surface area contributed by atoms with Gasteiger partial charge in [0.2, 0.25) is 0 Å². The molecule has 172 valence electrons. The molecule has 0 bridgehead atoms.